The number of fused-ring (bicyclic) bond motifs is 2. The number of aromatic nitrogens is 6. The summed E-state index contributed by atoms with van der Waals surface area (Å²) in [6.07, 6.45) is 9.21. The summed E-state index contributed by atoms with van der Waals surface area (Å²) in [6, 6.07) is 5.72. The zero-order chi connectivity index (χ0) is 17.5. The number of hydrogen-bond donors (Lipinski definition) is 1. The molecule has 1 saturated heterocycles. The second-order valence-electron chi connectivity index (χ2n) is 6.76. The minimum atomic E-state index is -0.0770. The number of nitrogens with zero attached hydrogens (tertiary/aromatic N) is 6. The highest BCUT2D eigenvalue weighted by Gasteiger charge is 2.23. The molecule has 4 aromatic heterocycles. The number of rotatable bonds is 3. The van der Waals surface area contributed by atoms with Crippen LogP contribution in [0.1, 0.15) is 12.8 Å². The van der Waals surface area contributed by atoms with Crippen LogP contribution in [0.5, 0.6) is 0 Å². The molecular weight excluding hydrogens is 330 g/mol. The van der Waals surface area contributed by atoms with E-state index in [0.717, 1.165) is 48.4 Å². The molecule has 0 radical (unpaired) electrons. The van der Waals surface area contributed by atoms with E-state index in [1.165, 1.54) is 0 Å². The van der Waals surface area contributed by atoms with Crippen LogP contribution < -0.4 is 10.6 Å². The monoisotopic (exact) mass is 349 g/mol. The number of anilines is 1. The number of nitrogens with one attached hydrogen (secondary N) is 1. The molecule has 1 N–H and O–H groups in total. The molecule has 4 aromatic rings. The van der Waals surface area contributed by atoms with Crippen molar-refractivity contribution in [1.29, 1.82) is 0 Å². The van der Waals surface area contributed by atoms with E-state index in [1.54, 1.807) is 23.2 Å². The first-order valence-electron chi connectivity index (χ1n) is 8.86. The molecule has 0 spiro atoms. The van der Waals surface area contributed by atoms with Crippen LogP contribution in [0.15, 0.2) is 47.8 Å². The third-order valence-corrected chi connectivity index (χ3v) is 5.19. The molecule has 26 heavy (non-hydrogen) atoms. The normalized spacial score (nSPS) is 15.9. The van der Waals surface area contributed by atoms with Crippen LogP contribution in [0.25, 0.3) is 16.7 Å². The average Bonchev–Trinajstić information content (AvgIpc) is 3.27. The van der Waals surface area contributed by atoms with Crippen molar-refractivity contribution in [3.8, 4) is 0 Å². The summed E-state index contributed by atoms with van der Waals surface area (Å²) in [4.78, 5) is 26.4. The fourth-order valence-corrected chi connectivity index (χ4v) is 3.83. The van der Waals surface area contributed by atoms with Crippen LogP contribution in [0, 0.1) is 5.92 Å². The molecule has 1 aliphatic rings. The molecule has 0 amide bonds. The van der Waals surface area contributed by atoms with E-state index < -0.39 is 0 Å². The number of H-pyrrole nitrogens is 1. The average molecular weight is 349 g/mol. The predicted octanol–water partition coefficient (Wildman–Crippen LogP) is 1.68. The van der Waals surface area contributed by atoms with Crippen LogP contribution >= 0.6 is 0 Å². The van der Waals surface area contributed by atoms with Crippen LogP contribution in [0.4, 0.5) is 5.82 Å². The van der Waals surface area contributed by atoms with Crippen molar-refractivity contribution in [1.82, 2.24) is 29.1 Å². The van der Waals surface area contributed by atoms with Gasteiger partial charge in [0.15, 0.2) is 11.5 Å². The molecule has 0 saturated carbocycles. The Bertz CT molecular complexity index is 1120. The Morgan fingerprint density at radius 3 is 2.88 bits per heavy atom. The molecule has 5 heterocycles. The van der Waals surface area contributed by atoms with Gasteiger partial charge < -0.3 is 9.88 Å². The lowest BCUT2D eigenvalue weighted by Crippen LogP contribution is -2.36. The molecule has 0 atom stereocenters. The fourth-order valence-electron chi connectivity index (χ4n) is 3.83. The van der Waals surface area contributed by atoms with E-state index in [1.807, 2.05) is 28.9 Å². The van der Waals surface area contributed by atoms with Gasteiger partial charge in [-0.3, -0.25) is 4.57 Å². The maximum absolute atomic E-state index is 12.3. The summed E-state index contributed by atoms with van der Waals surface area (Å²) in [5, 5.41) is 4.28. The van der Waals surface area contributed by atoms with E-state index in [0.29, 0.717) is 12.5 Å². The standard InChI is InChI=1S/C18H19N7O/c26-18-22-14-2-1-6-19-16(14)24(18)12-13-4-9-23(10-5-13)17-15-3-7-21-25(15)11-8-20-17/h1-3,6-8,11,13H,4-5,9-10,12H2,(H,22,26). The van der Waals surface area contributed by atoms with Gasteiger partial charge in [0, 0.05) is 38.2 Å². The second-order valence-corrected chi connectivity index (χ2v) is 6.76. The van der Waals surface area contributed by atoms with E-state index >= 15 is 0 Å². The van der Waals surface area contributed by atoms with E-state index in [2.05, 4.69) is 25.0 Å². The third kappa shape index (κ3) is 2.45. The molecular formula is C18H19N7O. The number of piperidine rings is 1. The number of hydrogen-bond acceptors (Lipinski definition) is 5. The molecule has 0 aliphatic carbocycles. The summed E-state index contributed by atoms with van der Waals surface area (Å²) < 4.78 is 3.62. The first-order chi connectivity index (χ1) is 12.8. The van der Waals surface area contributed by atoms with Crippen molar-refractivity contribution in [3.63, 3.8) is 0 Å². The van der Waals surface area contributed by atoms with Crippen molar-refractivity contribution >= 4 is 22.5 Å². The second kappa shape index (κ2) is 5.98. The van der Waals surface area contributed by atoms with Crippen molar-refractivity contribution < 1.29 is 0 Å². The smallest absolute Gasteiger partial charge is 0.327 e. The Hall–Kier alpha value is -3.16. The summed E-state index contributed by atoms with van der Waals surface area (Å²) in [7, 11) is 0. The molecule has 1 aliphatic heterocycles. The Kier molecular flexibility index (Phi) is 3.48. The van der Waals surface area contributed by atoms with Crippen molar-refractivity contribution in [3.05, 3.63) is 53.5 Å². The molecule has 132 valence electrons. The third-order valence-electron chi connectivity index (χ3n) is 5.19. The van der Waals surface area contributed by atoms with Crippen LogP contribution in [-0.2, 0) is 6.54 Å². The van der Waals surface area contributed by atoms with Gasteiger partial charge in [0.1, 0.15) is 5.52 Å². The summed E-state index contributed by atoms with van der Waals surface area (Å²) >= 11 is 0. The fraction of sp³-hybridized carbons (Fsp3) is 0.333. The SMILES string of the molecule is O=c1[nH]c2cccnc2n1CC1CCN(c2nccn3nccc23)CC1. The Morgan fingerprint density at radius 2 is 2.00 bits per heavy atom. The lowest BCUT2D eigenvalue weighted by molar-refractivity contribution is 0.355. The summed E-state index contributed by atoms with van der Waals surface area (Å²) in [5.74, 6) is 1.43. The molecule has 5 rings (SSSR count). The van der Waals surface area contributed by atoms with Gasteiger partial charge in [0.05, 0.1) is 11.7 Å². The zero-order valence-electron chi connectivity index (χ0n) is 14.2. The van der Waals surface area contributed by atoms with Gasteiger partial charge in [-0.25, -0.2) is 19.3 Å². The summed E-state index contributed by atoms with van der Waals surface area (Å²) in [5.41, 5.74) is 2.49. The van der Waals surface area contributed by atoms with Crippen molar-refractivity contribution in [2.24, 2.45) is 5.92 Å². The quantitative estimate of drug-likeness (QED) is 0.608. The summed E-state index contributed by atoms with van der Waals surface area (Å²) in [6.45, 7) is 2.55. The Balaban J connectivity index is 1.34. The molecule has 1 fully saturated rings. The topological polar surface area (TPSA) is 84.1 Å². The Morgan fingerprint density at radius 1 is 1.12 bits per heavy atom. The molecule has 0 bridgehead atoms. The van der Waals surface area contributed by atoms with Gasteiger partial charge in [-0.15, -0.1) is 0 Å². The van der Waals surface area contributed by atoms with Gasteiger partial charge in [-0.2, -0.15) is 5.10 Å². The van der Waals surface area contributed by atoms with E-state index in [-0.39, 0.29) is 5.69 Å². The van der Waals surface area contributed by atoms with E-state index in [9.17, 15) is 4.79 Å². The number of imidazole rings is 1. The minimum Gasteiger partial charge on any atom is -0.355 e. The molecule has 8 heteroatoms. The largest absolute Gasteiger partial charge is 0.355 e. The van der Waals surface area contributed by atoms with Gasteiger partial charge in [-0.1, -0.05) is 0 Å². The predicted molar refractivity (Wildman–Crippen MR) is 98.3 cm³/mol. The number of aromatic amines is 1. The van der Waals surface area contributed by atoms with Crippen LogP contribution in [0.2, 0.25) is 0 Å². The maximum atomic E-state index is 12.3. The number of pyridine rings is 1. The first kappa shape index (κ1) is 15.1. The first-order valence-corrected chi connectivity index (χ1v) is 8.86. The maximum Gasteiger partial charge on any atom is 0.327 e. The van der Waals surface area contributed by atoms with Gasteiger partial charge >= 0.3 is 5.69 Å². The lowest BCUT2D eigenvalue weighted by atomic mass is 9.96. The van der Waals surface area contributed by atoms with Gasteiger partial charge in [0.25, 0.3) is 0 Å². The van der Waals surface area contributed by atoms with Crippen molar-refractivity contribution in [2.75, 3.05) is 18.0 Å². The van der Waals surface area contributed by atoms with Gasteiger partial charge in [-0.05, 0) is 37.0 Å². The molecule has 0 aromatic carbocycles. The highest BCUT2D eigenvalue weighted by Crippen LogP contribution is 2.26. The molecule has 8 nitrogen and oxygen atoms in total. The van der Waals surface area contributed by atoms with Crippen LogP contribution in [-0.4, -0.2) is 42.2 Å². The minimum absolute atomic E-state index is 0.0770. The van der Waals surface area contributed by atoms with Crippen molar-refractivity contribution in [2.45, 2.75) is 19.4 Å². The highest BCUT2D eigenvalue weighted by atomic mass is 16.1. The molecule has 0 unspecified atom stereocenters. The van der Waals surface area contributed by atoms with Gasteiger partial charge in [0.2, 0.25) is 0 Å². The Labute approximate surface area is 149 Å². The van der Waals surface area contributed by atoms with Crippen LogP contribution in [0.3, 0.4) is 0 Å². The lowest BCUT2D eigenvalue weighted by Gasteiger charge is -2.33. The highest BCUT2D eigenvalue weighted by molar-refractivity contribution is 5.70. The zero-order valence-corrected chi connectivity index (χ0v) is 14.2. The van der Waals surface area contributed by atoms with E-state index in [4.69, 9.17) is 0 Å².